The third-order valence-corrected chi connectivity index (χ3v) is 1.02. The molecule has 0 fully saturated rings. The van der Waals surface area contributed by atoms with E-state index in [9.17, 15) is 4.39 Å². The van der Waals surface area contributed by atoms with Gasteiger partial charge in [0.15, 0.2) is 5.75 Å². The Labute approximate surface area is 72.4 Å². The summed E-state index contributed by atoms with van der Waals surface area (Å²) in [5.41, 5.74) is 0. The van der Waals surface area contributed by atoms with E-state index < -0.39 is 5.95 Å². The summed E-state index contributed by atoms with van der Waals surface area (Å²) < 4.78 is 17.4. The minimum atomic E-state index is -0.552. The number of halogens is 1. The first kappa shape index (κ1) is 10.9. The molecule has 0 radical (unpaired) electrons. The van der Waals surface area contributed by atoms with Crippen LogP contribution >= 0.6 is 0 Å². The molecule has 0 saturated heterocycles. The van der Waals surface area contributed by atoms with Gasteiger partial charge in [-0.05, 0) is 19.1 Å². The quantitative estimate of drug-likeness (QED) is 0.638. The van der Waals surface area contributed by atoms with E-state index >= 15 is 0 Å². The van der Waals surface area contributed by atoms with Gasteiger partial charge in [-0.3, -0.25) is 0 Å². The van der Waals surface area contributed by atoms with Crippen molar-refractivity contribution in [3.05, 3.63) is 24.3 Å². The Hall–Kier alpha value is -1.12. The summed E-state index contributed by atoms with van der Waals surface area (Å²) in [6.07, 6.45) is 1.39. The van der Waals surface area contributed by atoms with Crippen molar-refractivity contribution in [2.75, 3.05) is 6.61 Å². The molecule has 12 heavy (non-hydrogen) atoms. The van der Waals surface area contributed by atoms with Gasteiger partial charge >= 0.3 is 0 Å². The Morgan fingerprint density at radius 1 is 1.50 bits per heavy atom. The van der Waals surface area contributed by atoms with E-state index in [1.165, 1.54) is 6.20 Å². The fourth-order valence-corrected chi connectivity index (χ4v) is 0.634. The van der Waals surface area contributed by atoms with Gasteiger partial charge in [0.25, 0.3) is 5.95 Å². The first-order valence-electron chi connectivity index (χ1n) is 4.08. The van der Waals surface area contributed by atoms with Crippen molar-refractivity contribution < 1.29 is 9.13 Å². The minimum Gasteiger partial charge on any atom is -0.489 e. The summed E-state index contributed by atoms with van der Waals surface area (Å²) in [6.45, 7) is 6.26. The van der Waals surface area contributed by atoms with Crippen LogP contribution in [0.15, 0.2) is 18.3 Å². The summed E-state index contributed by atoms with van der Waals surface area (Å²) in [5, 5.41) is 0. The van der Waals surface area contributed by atoms with Crippen LogP contribution in [0.25, 0.3) is 0 Å². The molecule has 1 aromatic heterocycles. The fourth-order valence-electron chi connectivity index (χ4n) is 0.634. The van der Waals surface area contributed by atoms with Crippen LogP contribution in [0, 0.1) is 5.95 Å². The lowest BCUT2D eigenvalue weighted by atomic mass is 10.4. The molecule has 1 rings (SSSR count). The SMILES string of the molecule is CC.CCOc1cccnc1F. The van der Waals surface area contributed by atoms with E-state index in [1.54, 1.807) is 19.1 Å². The Kier molecular flexibility index (Phi) is 5.97. The topological polar surface area (TPSA) is 22.1 Å². The van der Waals surface area contributed by atoms with Gasteiger partial charge in [0, 0.05) is 6.20 Å². The number of hydrogen-bond donors (Lipinski definition) is 0. The Balaban J connectivity index is 0.000000561. The molecule has 0 spiro atoms. The third-order valence-electron chi connectivity index (χ3n) is 1.02. The lowest BCUT2D eigenvalue weighted by molar-refractivity contribution is 0.316. The molecule has 0 aromatic carbocycles. The molecule has 3 heteroatoms. The smallest absolute Gasteiger partial charge is 0.255 e. The molecule has 68 valence electrons. The van der Waals surface area contributed by atoms with Crippen LogP contribution in [0.5, 0.6) is 5.75 Å². The standard InChI is InChI=1S/C7H8FNO.C2H6/c1-2-10-6-4-3-5-9-7(6)8;1-2/h3-5H,2H2,1H3;1-2H3. The Bertz CT molecular complexity index is 215. The molecule has 0 saturated carbocycles. The second-order valence-corrected chi connectivity index (χ2v) is 1.73. The molecule has 0 aliphatic heterocycles. The van der Waals surface area contributed by atoms with Gasteiger partial charge in [-0.15, -0.1) is 0 Å². The molecular weight excluding hydrogens is 157 g/mol. The normalized spacial score (nSPS) is 8.33. The predicted octanol–water partition coefficient (Wildman–Crippen LogP) is 2.65. The average molecular weight is 171 g/mol. The highest BCUT2D eigenvalue weighted by Gasteiger charge is 1.99. The highest BCUT2D eigenvalue weighted by atomic mass is 19.1. The zero-order valence-corrected chi connectivity index (χ0v) is 7.67. The third kappa shape index (κ3) is 3.32. The van der Waals surface area contributed by atoms with Crippen molar-refractivity contribution in [3.63, 3.8) is 0 Å². The van der Waals surface area contributed by atoms with Gasteiger partial charge < -0.3 is 4.74 Å². The summed E-state index contributed by atoms with van der Waals surface area (Å²) in [4.78, 5) is 3.41. The van der Waals surface area contributed by atoms with E-state index in [4.69, 9.17) is 4.74 Å². The van der Waals surface area contributed by atoms with Gasteiger partial charge in [-0.2, -0.15) is 4.39 Å². The van der Waals surface area contributed by atoms with Crippen LogP contribution in [0.4, 0.5) is 4.39 Å². The highest BCUT2D eigenvalue weighted by Crippen LogP contribution is 2.11. The van der Waals surface area contributed by atoms with Crippen LogP contribution < -0.4 is 4.74 Å². The van der Waals surface area contributed by atoms with Crippen molar-refractivity contribution >= 4 is 0 Å². The Morgan fingerprint density at radius 3 is 2.67 bits per heavy atom. The number of nitrogens with zero attached hydrogens (tertiary/aromatic N) is 1. The predicted molar refractivity (Wildman–Crippen MR) is 46.7 cm³/mol. The maximum atomic E-state index is 12.5. The first-order valence-corrected chi connectivity index (χ1v) is 4.08. The zero-order chi connectivity index (χ0) is 9.40. The molecule has 0 amide bonds. The lowest BCUT2D eigenvalue weighted by Crippen LogP contribution is -1.95. The van der Waals surface area contributed by atoms with E-state index in [-0.39, 0.29) is 5.75 Å². The number of hydrogen-bond acceptors (Lipinski definition) is 2. The molecule has 1 heterocycles. The number of pyridine rings is 1. The molecule has 0 aliphatic carbocycles. The molecule has 0 atom stereocenters. The zero-order valence-electron chi connectivity index (χ0n) is 7.67. The number of aromatic nitrogens is 1. The average Bonchev–Trinajstić information content (AvgIpc) is 2.13. The monoisotopic (exact) mass is 171 g/mol. The maximum absolute atomic E-state index is 12.5. The molecule has 0 unspecified atom stereocenters. The van der Waals surface area contributed by atoms with Gasteiger partial charge in [0.1, 0.15) is 0 Å². The molecular formula is C9H14FNO. The van der Waals surface area contributed by atoms with Crippen LogP contribution in [0.1, 0.15) is 20.8 Å². The van der Waals surface area contributed by atoms with E-state index in [1.807, 2.05) is 13.8 Å². The van der Waals surface area contributed by atoms with Gasteiger partial charge in [-0.25, -0.2) is 4.98 Å². The lowest BCUT2D eigenvalue weighted by Gasteiger charge is -2.00. The molecule has 2 nitrogen and oxygen atoms in total. The van der Waals surface area contributed by atoms with Crippen molar-refractivity contribution in [3.8, 4) is 5.75 Å². The molecule has 0 N–H and O–H groups in total. The van der Waals surface area contributed by atoms with Gasteiger partial charge in [0.05, 0.1) is 6.61 Å². The number of ether oxygens (including phenoxy) is 1. The van der Waals surface area contributed by atoms with E-state index in [0.29, 0.717) is 6.61 Å². The minimum absolute atomic E-state index is 0.213. The van der Waals surface area contributed by atoms with Crippen molar-refractivity contribution in [2.45, 2.75) is 20.8 Å². The maximum Gasteiger partial charge on any atom is 0.255 e. The van der Waals surface area contributed by atoms with Crippen LogP contribution in [0.2, 0.25) is 0 Å². The summed E-state index contributed by atoms with van der Waals surface area (Å²) in [6, 6.07) is 3.18. The molecule has 0 aliphatic rings. The van der Waals surface area contributed by atoms with Crippen LogP contribution in [-0.2, 0) is 0 Å². The van der Waals surface area contributed by atoms with Crippen LogP contribution in [0.3, 0.4) is 0 Å². The van der Waals surface area contributed by atoms with Crippen molar-refractivity contribution in [2.24, 2.45) is 0 Å². The van der Waals surface area contributed by atoms with E-state index in [0.717, 1.165) is 0 Å². The highest BCUT2D eigenvalue weighted by molar-refractivity contribution is 5.17. The van der Waals surface area contributed by atoms with Crippen molar-refractivity contribution in [1.82, 2.24) is 4.98 Å². The second-order valence-electron chi connectivity index (χ2n) is 1.73. The number of rotatable bonds is 2. The molecule has 1 aromatic rings. The second kappa shape index (κ2) is 6.58. The summed E-state index contributed by atoms with van der Waals surface area (Å²) in [5.74, 6) is -0.339. The fraction of sp³-hybridized carbons (Fsp3) is 0.444. The summed E-state index contributed by atoms with van der Waals surface area (Å²) >= 11 is 0. The van der Waals surface area contributed by atoms with Gasteiger partial charge in [0.2, 0.25) is 0 Å². The van der Waals surface area contributed by atoms with Gasteiger partial charge in [-0.1, -0.05) is 13.8 Å². The Morgan fingerprint density at radius 2 is 2.17 bits per heavy atom. The molecule has 0 bridgehead atoms. The van der Waals surface area contributed by atoms with E-state index in [2.05, 4.69) is 4.98 Å². The van der Waals surface area contributed by atoms with Crippen LogP contribution in [-0.4, -0.2) is 11.6 Å². The summed E-state index contributed by atoms with van der Waals surface area (Å²) in [7, 11) is 0. The first-order chi connectivity index (χ1) is 5.84. The van der Waals surface area contributed by atoms with Crippen molar-refractivity contribution in [1.29, 1.82) is 0 Å². The largest absolute Gasteiger partial charge is 0.489 e.